The minimum Gasteiger partial charge on any atom is -0.394 e. The van der Waals surface area contributed by atoms with E-state index in [4.69, 9.17) is 5.73 Å². The van der Waals surface area contributed by atoms with Gasteiger partial charge in [-0.3, -0.25) is 4.79 Å². The second-order valence-corrected chi connectivity index (χ2v) is 10.5. The van der Waals surface area contributed by atoms with Crippen LogP contribution in [0.15, 0.2) is 54.7 Å². The maximum absolute atomic E-state index is 12.9. The summed E-state index contributed by atoms with van der Waals surface area (Å²) in [6.45, 7) is 4.00. The van der Waals surface area contributed by atoms with E-state index in [0.29, 0.717) is 11.8 Å². The fourth-order valence-corrected chi connectivity index (χ4v) is 5.91. The van der Waals surface area contributed by atoms with E-state index in [1.54, 1.807) is 12.5 Å². The molecule has 2 aliphatic rings. The normalized spacial score (nSPS) is 20.2. The molecule has 3 aromatic rings. The van der Waals surface area contributed by atoms with Crippen LogP contribution in [0.5, 0.6) is 0 Å². The molecule has 1 aromatic heterocycles. The number of aromatic amines is 1. The number of nitrogens with zero attached hydrogens (tertiary/aromatic N) is 1. The predicted molar refractivity (Wildman–Crippen MR) is 136 cm³/mol. The van der Waals surface area contributed by atoms with Crippen LogP contribution < -0.4 is 11.1 Å². The van der Waals surface area contributed by atoms with Crippen LogP contribution in [0.25, 0.3) is 10.9 Å². The highest BCUT2D eigenvalue weighted by Gasteiger charge is 2.41. The second kappa shape index (κ2) is 9.17. The Kier molecular flexibility index (Phi) is 6.23. The van der Waals surface area contributed by atoms with Gasteiger partial charge in [0.25, 0.3) is 0 Å². The fraction of sp³-hybridized carbons (Fsp3) is 0.464. The number of nitrogens with one attached hydrogen (secondary N) is 2. The van der Waals surface area contributed by atoms with E-state index in [-0.39, 0.29) is 18.6 Å². The third-order valence-electron chi connectivity index (χ3n) is 8.08. The summed E-state index contributed by atoms with van der Waals surface area (Å²) in [6.07, 6.45) is 7.50. The standard InChI is InChI=1S/C28H36N4O2/c1-27(29,19-33)26(34)31-22(16-21-17-30-25-9-5-3-7-23(21)25)18-32-14-12-28(13-15-32)11-10-20-6-2-4-8-24(20)28/h2-9,17,22,30,33H,10-16,18-19,29H2,1H3,(H,31,34)/t22-,27-/m1/s1. The van der Waals surface area contributed by atoms with Gasteiger partial charge in [-0.15, -0.1) is 0 Å². The van der Waals surface area contributed by atoms with Crippen LogP contribution in [0.3, 0.4) is 0 Å². The summed E-state index contributed by atoms with van der Waals surface area (Å²) in [5.41, 5.74) is 10.4. The van der Waals surface area contributed by atoms with Crippen molar-refractivity contribution < 1.29 is 9.90 Å². The van der Waals surface area contributed by atoms with Gasteiger partial charge >= 0.3 is 0 Å². The van der Waals surface area contributed by atoms with Gasteiger partial charge in [-0.1, -0.05) is 42.5 Å². The molecule has 6 nitrogen and oxygen atoms in total. The number of para-hydroxylation sites is 1. The van der Waals surface area contributed by atoms with E-state index in [1.165, 1.54) is 29.4 Å². The van der Waals surface area contributed by atoms with Gasteiger partial charge in [0, 0.05) is 29.7 Å². The molecule has 0 radical (unpaired) electrons. The van der Waals surface area contributed by atoms with Gasteiger partial charge in [-0.2, -0.15) is 0 Å². The van der Waals surface area contributed by atoms with Gasteiger partial charge in [0.15, 0.2) is 0 Å². The largest absolute Gasteiger partial charge is 0.394 e. The Morgan fingerprint density at radius 3 is 2.71 bits per heavy atom. The smallest absolute Gasteiger partial charge is 0.242 e. The van der Waals surface area contributed by atoms with Gasteiger partial charge in [-0.25, -0.2) is 0 Å². The van der Waals surface area contributed by atoms with Crippen molar-refractivity contribution in [3.05, 3.63) is 71.4 Å². The molecular weight excluding hydrogens is 424 g/mol. The first-order valence-corrected chi connectivity index (χ1v) is 12.5. The number of likely N-dealkylation sites (tertiary alicyclic amines) is 1. The number of hydrogen-bond acceptors (Lipinski definition) is 4. The zero-order valence-electron chi connectivity index (χ0n) is 20.0. The number of aryl methyl sites for hydroxylation is 1. The minimum absolute atomic E-state index is 0.0916. The van der Waals surface area contributed by atoms with Crippen LogP contribution in [0.1, 0.15) is 42.9 Å². The number of carbonyl (C=O) groups excluding carboxylic acids is 1. The maximum atomic E-state index is 12.9. The zero-order valence-corrected chi connectivity index (χ0v) is 20.0. The highest BCUT2D eigenvalue weighted by Crippen LogP contribution is 2.46. The number of H-pyrrole nitrogens is 1. The minimum atomic E-state index is -1.29. The summed E-state index contributed by atoms with van der Waals surface area (Å²) in [7, 11) is 0. The van der Waals surface area contributed by atoms with E-state index >= 15 is 0 Å². The monoisotopic (exact) mass is 460 g/mol. The number of fused-ring (bicyclic) bond motifs is 3. The molecule has 1 saturated heterocycles. The molecule has 5 N–H and O–H groups in total. The van der Waals surface area contributed by atoms with Crippen LogP contribution >= 0.6 is 0 Å². The first-order valence-electron chi connectivity index (χ1n) is 12.5. The SMILES string of the molecule is C[C@@](N)(CO)C(=O)N[C@H](Cc1c[nH]c2ccccc12)CN1CCC2(CCc3ccccc32)CC1. The first-order chi connectivity index (χ1) is 16.4. The number of aliphatic hydroxyl groups is 1. The van der Waals surface area contributed by atoms with Crippen molar-refractivity contribution in [1.29, 1.82) is 0 Å². The average Bonchev–Trinajstić information content (AvgIpc) is 3.42. The van der Waals surface area contributed by atoms with E-state index in [9.17, 15) is 9.90 Å². The Morgan fingerprint density at radius 2 is 1.91 bits per heavy atom. The zero-order chi connectivity index (χ0) is 23.8. The molecule has 0 unspecified atom stereocenters. The number of hydrogen-bond donors (Lipinski definition) is 4. The lowest BCUT2D eigenvalue weighted by Crippen LogP contribution is -2.59. The van der Waals surface area contributed by atoms with Crippen LogP contribution in [-0.4, -0.2) is 58.7 Å². The summed E-state index contributed by atoms with van der Waals surface area (Å²) >= 11 is 0. The number of aromatic nitrogens is 1. The number of rotatable bonds is 7. The molecule has 180 valence electrons. The van der Waals surface area contributed by atoms with Crippen molar-refractivity contribution in [2.45, 2.75) is 56.0 Å². The number of aliphatic hydroxyl groups excluding tert-OH is 1. The lowest BCUT2D eigenvalue weighted by molar-refractivity contribution is -0.128. The third kappa shape index (κ3) is 4.38. The van der Waals surface area contributed by atoms with Gasteiger partial charge in [-0.05, 0) is 80.3 Å². The van der Waals surface area contributed by atoms with Crippen LogP contribution in [0.4, 0.5) is 0 Å². The van der Waals surface area contributed by atoms with Gasteiger partial charge in [0.2, 0.25) is 5.91 Å². The van der Waals surface area contributed by atoms with Crippen LogP contribution in [0, 0.1) is 0 Å². The summed E-state index contributed by atoms with van der Waals surface area (Å²) in [6, 6.07) is 17.1. The maximum Gasteiger partial charge on any atom is 0.242 e. The highest BCUT2D eigenvalue weighted by molar-refractivity contribution is 5.86. The van der Waals surface area contributed by atoms with Crippen molar-refractivity contribution in [2.24, 2.45) is 5.73 Å². The predicted octanol–water partition coefficient (Wildman–Crippen LogP) is 2.88. The van der Waals surface area contributed by atoms with Gasteiger partial charge < -0.3 is 26.0 Å². The number of nitrogens with two attached hydrogens (primary N) is 1. The Labute approximate surface area is 201 Å². The number of amides is 1. The van der Waals surface area contributed by atoms with E-state index < -0.39 is 5.54 Å². The first kappa shape index (κ1) is 23.1. The lowest BCUT2D eigenvalue weighted by atomic mass is 9.74. The van der Waals surface area contributed by atoms with Gasteiger partial charge in [0.1, 0.15) is 5.54 Å². The van der Waals surface area contributed by atoms with Crippen LogP contribution in [-0.2, 0) is 23.1 Å². The molecule has 1 amide bonds. The number of benzene rings is 2. The van der Waals surface area contributed by atoms with Crippen molar-refractivity contribution in [2.75, 3.05) is 26.2 Å². The molecule has 2 aromatic carbocycles. The Morgan fingerprint density at radius 1 is 1.18 bits per heavy atom. The van der Waals surface area contributed by atoms with Crippen LogP contribution in [0.2, 0.25) is 0 Å². The Balaban J connectivity index is 1.30. The average molecular weight is 461 g/mol. The van der Waals surface area contributed by atoms with E-state index in [1.807, 2.05) is 18.3 Å². The molecule has 5 rings (SSSR count). The molecule has 0 bridgehead atoms. The van der Waals surface area contributed by atoms with E-state index in [2.05, 4.69) is 51.6 Å². The van der Waals surface area contributed by atoms with Gasteiger partial charge in [0.05, 0.1) is 6.61 Å². The molecule has 1 aliphatic carbocycles. The molecule has 34 heavy (non-hydrogen) atoms. The molecule has 1 aliphatic heterocycles. The molecule has 2 atom stereocenters. The summed E-state index contributed by atoms with van der Waals surface area (Å²) < 4.78 is 0. The molecule has 2 heterocycles. The molecular formula is C28H36N4O2. The van der Waals surface area contributed by atoms with Crippen molar-refractivity contribution in [3.8, 4) is 0 Å². The summed E-state index contributed by atoms with van der Waals surface area (Å²) in [4.78, 5) is 18.7. The van der Waals surface area contributed by atoms with Crippen molar-refractivity contribution in [3.63, 3.8) is 0 Å². The third-order valence-corrected chi connectivity index (χ3v) is 8.08. The second-order valence-electron chi connectivity index (χ2n) is 10.5. The Bertz CT molecular complexity index is 1160. The van der Waals surface area contributed by atoms with E-state index in [0.717, 1.165) is 38.0 Å². The van der Waals surface area contributed by atoms with Crippen molar-refractivity contribution in [1.82, 2.24) is 15.2 Å². The molecule has 1 fully saturated rings. The molecule has 1 spiro atoms. The van der Waals surface area contributed by atoms with Crippen molar-refractivity contribution >= 4 is 16.8 Å². The lowest BCUT2D eigenvalue weighted by Gasteiger charge is -2.41. The Hall–Kier alpha value is -2.67. The molecule has 0 saturated carbocycles. The molecule has 6 heteroatoms. The number of carbonyl (C=O) groups is 1. The summed E-state index contributed by atoms with van der Waals surface area (Å²) in [5.74, 6) is -0.307. The fourth-order valence-electron chi connectivity index (χ4n) is 5.91. The summed E-state index contributed by atoms with van der Waals surface area (Å²) in [5, 5.41) is 13.9. The highest BCUT2D eigenvalue weighted by atomic mass is 16.3. The number of piperidine rings is 1. The topological polar surface area (TPSA) is 94.4 Å². The quantitative estimate of drug-likeness (QED) is 0.436.